The van der Waals surface area contributed by atoms with E-state index in [2.05, 4.69) is 111 Å². The Kier molecular flexibility index (Phi) is 9.45. The topological polar surface area (TPSA) is 53.4 Å². The SMILES string of the molecule is Cc1cc(-c2cc(C(C)C)ccc2-c2cc(F)cc(C34CC5CC(C)(CC(C)(C5)C3)C4)c2O)nc(-c2cc(C(C)C)ccc2-c2cc(F)cc(C34CC5CC(C)(CC(C)(C5)C3)C4)c2O)c1. The molecule has 1 heterocycles. The highest BCUT2D eigenvalue weighted by Crippen LogP contribution is 2.72. The Labute approximate surface area is 386 Å². The minimum Gasteiger partial charge on any atom is -0.507 e. The van der Waals surface area contributed by atoms with Crippen molar-refractivity contribution in [2.24, 2.45) is 33.5 Å². The lowest BCUT2D eigenvalue weighted by atomic mass is 9.39. The standard InChI is InChI=1S/C60H69F2NO2/c1-34(2)39-10-12-43(47-18-41(61)20-49(53(47)64)59-26-37-22-55(6,30-59)28-56(7,23-37)31-59)45(16-39)51-14-36(5)15-52(63-51)46-17-40(35(3)4)11-13-44(46)48-19-42(62)21-50(54(48)65)60-27-38-24-57(8,32-60)29-58(9,25-38)33-60/h10-21,34-35,37-38,64-65H,22-33H2,1-9H3. The van der Waals surface area contributed by atoms with Gasteiger partial charge in [-0.3, -0.25) is 0 Å². The van der Waals surface area contributed by atoms with E-state index in [9.17, 15) is 10.2 Å². The molecule has 8 fully saturated rings. The smallest absolute Gasteiger partial charge is 0.127 e. The second-order valence-electron chi connectivity index (χ2n) is 25.4. The van der Waals surface area contributed by atoms with Crippen molar-refractivity contribution in [2.45, 2.75) is 162 Å². The maximum absolute atomic E-state index is 16.3. The van der Waals surface area contributed by atoms with Crippen LogP contribution in [0.15, 0.2) is 72.8 Å². The zero-order chi connectivity index (χ0) is 45.8. The molecule has 5 aromatic rings. The molecule has 8 bridgehead atoms. The molecule has 8 aliphatic carbocycles. The average Bonchev–Trinajstić information content (AvgIpc) is 3.19. The minimum atomic E-state index is -0.322. The van der Waals surface area contributed by atoms with Gasteiger partial charge >= 0.3 is 0 Å². The summed E-state index contributed by atoms with van der Waals surface area (Å²) in [5.41, 5.74) is 10.7. The largest absolute Gasteiger partial charge is 0.507 e. The van der Waals surface area contributed by atoms with Crippen LogP contribution in [0.5, 0.6) is 11.5 Å². The maximum Gasteiger partial charge on any atom is 0.127 e. The van der Waals surface area contributed by atoms with E-state index in [1.54, 1.807) is 12.1 Å². The van der Waals surface area contributed by atoms with Crippen molar-refractivity contribution in [2.75, 3.05) is 0 Å². The first kappa shape index (κ1) is 43.1. The average molecular weight is 874 g/mol. The third-order valence-electron chi connectivity index (χ3n) is 18.1. The van der Waals surface area contributed by atoms with E-state index in [0.29, 0.717) is 23.0 Å². The Morgan fingerprint density at radius 1 is 0.477 bits per heavy atom. The van der Waals surface area contributed by atoms with E-state index in [4.69, 9.17) is 4.98 Å². The Hall–Kier alpha value is -4.51. The number of aromatic nitrogens is 1. The van der Waals surface area contributed by atoms with Crippen molar-refractivity contribution in [1.82, 2.24) is 4.98 Å². The van der Waals surface area contributed by atoms with Crippen LogP contribution in [0, 0.1) is 52.1 Å². The number of phenolic OH excluding ortho intramolecular Hbond substituents is 2. The van der Waals surface area contributed by atoms with Gasteiger partial charge in [-0.25, -0.2) is 13.8 Å². The molecule has 4 unspecified atom stereocenters. The summed E-state index contributed by atoms with van der Waals surface area (Å²) < 4.78 is 32.7. The lowest BCUT2D eigenvalue weighted by molar-refractivity contribution is -0.110. The molecule has 0 aliphatic heterocycles. The molecule has 340 valence electrons. The van der Waals surface area contributed by atoms with Crippen LogP contribution in [0.4, 0.5) is 8.78 Å². The molecule has 13 rings (SSSR count). The van der Waals surface area contributed by atoms with Gasteiger partial charge in [-0.05, 0) is 206 Å². The van der Waals surface area contributed by atoms with Crippen LogP contribution in [0.2, 0.25) is 0 Å². The zero-order valence-electron chi connectivity index (χ0n) is 40.3. The summed E-state index contributed by atoms with van der Waals surface area (Å²) >= 11 is 0. The van der Waals surface area contributed by atoms with Crippen molar-refractivity contribution in [3.05, 3.63) is 112 Å². The van der Waals surface area contributed by atoms with Crippen molar-refractivity contribution < 1.29 is 19.0 Å². The Balaban J connectivity index is 1.07. The number of hydrogen-bond donors (Lipinski definition) is 2. The molecule has 8 saturated carbocycles. The van der Waals surface area contributed by atoms with Crippen LogP contribution in [-0.2, 0) is 10.8 Å². The molecule has 0 radical (unpaired) electrons. The van der Waals surface area contributed by atoms with E-state index in [0.717, 1.165) is 100.0 Å². The number of aromatic hydroxyl groups is 2. The number of aryl methyl sites for hydroxylation is 1. The molecule has 0 spiro atoms. The molecule has 4 aromatic carbocycles. The van der Waals surface area contributed by atoms with Gasteiger partial charge in [-0.2, -0.15) is 0 Å². The molecule has 0 amide bonds. The van der Waals surface area contributed by atoms with Crippen LogP contribution in [0.1, 0.15) is 172 Å². The van der Waals surface area contributed by atoms with E-state index >= 15 is 8.78 Å². The summed E-state index contributed by atoms with van der Waals surface area (Å²) in [4.78, 5) is 5.49. The number of hydrogen-bond acceptors (Lipinski definition) is 3. The number of nitrogens with zero attached hydrogens (tertiary/aromatic N) is 1. The molecular weight excluding hydrogens is 805 g/mol. The van der Waals surface area contributed by atoms with E-state index < -0.39 is 0 Å². The molecule has 4 atom stereocenters. The highest BCUT2D eigenvalue weighted by atomic mass is 19.1. The van der Waals surface area contributed by atoms with Gasteiger partial charge in [0.2, 0.25) is 0 Å². The second-order valence-corrected chi connectivity index (χ2v) is 25.4. The van der Waals surface area contributed by atoms with Crippen molar-refractivity contribution in [3.63, 3.8) is 0 Å². The lowest BCUT2D eigenvalue weighted by Gasteiger charge is -2.65. The fourth-order valence-electron chi connectivity index (χ4n) is 17.6. The molecule has 2 N–H and O–H groups in total. The van der Waals surface area contributed by atoms with Crippen LogP contribution in [-0.4, -0.2) is 15.2 Å². The minimum absolute atomic E-state index is 0.193. The first-order valence-electron chi connectivity index (χ1n) is 24.9. The van der Waals surface area contributed by atoms with E-state index in [1.807, 2.05) is 0 Å². The molecular formula is C60H69F2NO2. The van der Waals surface area contributed by atoms with Gasteiger partial charge in [0.15, 0.2) is 0 Å². The first-order valence-corrected chi connectivity index (χ1v) is 24.9. The highest BCUT2D eigenvalue weighted by Gasteiger charge is 2.62. The monoisotopic (exact) mass is 874 g/mol. The lowest BCUT2D eigenvalue weighted by Crippen LogP contribution is -2.56. The van der Waals surface area contributed by atoms with E-state index in [-0.39, 0.29) is 67.5 Å². The maximum atomic E-state index is 16.3. The molecule has 65 heavy (non-hydrogen) atoms. The van der Waals surface area contributed by atoms with Gasteiger partial charge in [-0.1, -0.05) is 79.7 Å². The van der Waals surface area contributed by atoms with Crippen LogP contribution in [0.25, 0.3) is 44.8 Å². The molecule has 1 aromatic heterocycles. The molecule has 0 saturated heterocycles. The molecule has 5 heteroatoms. The van der Waals surface area contributed by atoms with Gasteiger partial charge in [-0.15, -0.1) is 0 Å². The summed E-state index contributed by atoms with van der Waals surface area (Å²) in [6.45, 7) is 20.5. The normalized spacial score (nSPS) is 33.2. The number of benzene rings is 4. The number of phenols is 2. The predicted octanol–water partition coefficient (Wildman–Crippen LogP) is 16.5. The van der Waals surface area contributed by atoms with Gasteiger partial charge < -0.3 is 10.2 Å². The number of pyridine rings is 1. The van der Waals surface area contributed by atoms with Gasteiger partial charge in [0.05, 0.1) is 11.4 Å². The number of halogens is 2. The van der Waals surface area contributed by atoms with Crippen molar-refractivity contribution >= 4 is 0 Å². The highest BCUT2D eigenvalue weighted by molar-refractivity contribution is 5.90. The van der Waals surface area contributed by atoms with Crippen LogP contribution >= 0.6 is 0 Å². The Morgan fingerprint density at radius 3 is 1.18 bits per heavy atom. The summed E-state index contributed by atoms with van der Waals surface area (Å²) in [5, 5.41) is 25.2. The quantitative estimate of drug-likeness (QED) is 0.163. The molecule has 8 aliphatic rings. The third kappa shape index (κ3) is 7.01. The third-order valence-corrected chi connectivity index (χ3v) is 18.1. The van der Waals surface area contributed by atoms with Gasteiger partial charge in [0.1, 0.15) is 23.1 Å². The zero-order valence-corrected chi connectivity index (χ0v) is 40.3. The Bertz CT molecular complexity index is 2580. The summed E-state index contributed by atoms with van der Waals surface area (Å²) in [6, 6.07) is 23.2. The fourth-order valence-corrected chi connectivity index (χ4v) is 17.6. The summed E-state index contributed by atoms with van der Waals surface area (Å²) in [5.74, 6) is 1.36. The summed E-state index contributed by atoms with van der Waals surface area (Å²) in [7, 11) is 0. The first-order chi connectivity index (χ1) is 30.6. The van der Waals surface area contributed by atoms with Crippen molar-refractivity contribution in [3.8, 4) is 56.3 Å². The number of rotatable bonds is 8. The second kappa shape index (κ2) is 14.3. The van der Waals surface area contributed by atoms with E-state index in [1.165, 1.54) is 50.7 Å². The fraction of sp³-hybridized carbons (Fsp3) is 0.517. The van der Waals surface area contributed by atoms with Gasteiger partial charge in [0, 0.05) is 44.2 Å². The Morgan fingerprint density at radius 2 is 0.846 bits per heavy atom. The van der Waals surface area contributed by atoms with Crippen LogP contribution < -0.4 is 0 Å². The summed E-state index contributed by atoms with van der Waals surface area (Å²) in [6.07, 6.45) is 13.2. The van der Waals surface area contributed by atoms with Crippen LogP contribution in [0.3, 0.4) is 0 Å². The molecule has 3 nitrogen and oxygen atoms in total. The van der Waals surface area contributed by atoms with Gasteiger partial charge in [0.25, 0.3) is 0 Å². The van der Waals surface area contributed by atoms with Crippen molar-refractivity contribution in [1.29, 1.82) is 0 Å². The predicted molar refractivity (Wildman–Crippen MR) is 260 cm³/mol.